The summed E-state index contributed by atoms with van der Waals surface area (Å²) in [4.78, 5) is 10.0. The van der Waals surface area contributed by atoms with E-state index in [1.165, 1.54) is 6.08 Å². The van der Waals surface area contributed by atoms with Gasteiger partial charge in [-0.1, -0.05) is 37.9 Å². The maximum Gasteiger partial charge on any atom is 0.142 e. The van der Waals surface area contributed by atoms with Crippen LogP contribution in [0.1, 0.15) is 5.56 Å². The summed E-state index contributed by atoms with van der Waals surface area (Å²) < 4.78 is 1.98. The van der Waals surface area contributed by atoms with Crippen LogP contribution in [0.2, 0.25) is 0 Å². The molecule has 70 valence electrons. The van der Waals surface area contributed by atoms with Gasteiger partial charge in [-0.15, -0.1) is 0 Å². The average molecular weight is 330 g/mol. The van der Waals surface area contributed by atoms with Gasteiger partial charge in [-0.25, -0.2) is 0 Å². The molecule has 0 aliphatic heterocycles. The van der Waals surface area contributed by atoms with Gasteiger partial charge in [0.1, 0.15) is 6.29 Å². The van der Waals surface area contributed by atoms with E-state index in [-0.39, 0.29) is 37.7 Å². The van der Waals surface area contributed by atoms with Gasteiger partial charge in [0, 0.05) is 46.7 Å². The average Bonchev–Trinajstić information content (AvgIpc) is 1.99. The molecule has 0 aliphatic rings. The molecule has 4 heteroatoms. The van der Waals surface area contributed by atoms with Crippen molar-refractivity contribution in [3.8, 4) is 0 Å². The van der Waals surface area contributed by atoms with E-state index >= 15 is 0 Å². The molecule has 1 nitrogen and oxygen atoms in total. The molecule has 1 aromatic carbocycles. The van der Waals surface area contributed by atoms with Crippen molar-refractivity contribution in [2.45, 2.75) is 0 Å². The summed E-state index contributed by atoms with van der Waals surface area (Å²) in [6.07, 6.45) is 3.98. The number of hydrogen-bond donors (Lipinski definition) is 0. The molecule has 1 aromatic rings. The van der Waals surface area contributed by atoms with Crippen molar-refractivity contribution < 1.29 is 42.5 Å². The van der Waals surface area contributed by atoms with Crippen molar-refractivity contribution in [3.63, 3.8) is 0 Å². The fourth-order valence-electron chi connectivity index (χ4n) is 0.822. The van der Waals surface area contributed by atoms with E-state index in [1.54, 1.807) is 6.08 Å². The van der Waals surface area contributed by atoms with Crippen LogP contribution in [0.15, 0.2) is 33.2 Å². The standard InChI is InChI=1S/C9H6Br2O.Ar/c10-8-4-7(2-1-3-12)5-9(11)6-8;/h1-6H;. The minimum Gasteiger partial charge on any atom is -0.299 e. The predicted molar refractivity (Wildman–Crippen MR) is 56.9 cm³/mol. The minimum atomic E-state index is 0. The molecular weight excluding hydrogens is 324 g/mol. The Balaban J connectivity index is 0.00000144. The monoisotopic (exact) mass is 328 g/mol. The molecular formula is C9H6ArBr2O. The second-order valence-electron chi connectivity index (χ2n) is 2.20. The van der Waals surface area contributed by atoms with Crippen molar-refractivity contribution in [2.75, 3.05) is 0 Å². The van der Waals surface area contributed by atoms with Crippen LogP contribution in [-0.4, -0.2) is 6.29 Å². The normalized spacial score (nSPS) is 9.69. The summed E-state index contributed by atoms with van der Waals surface area (Å²) in [5.41, 5.74) is 0.989. The van der Waals surface area contributed by atoms with E-state index in [9.17, 15) is 4.79 Å². The van der Waals surface area contributed by atoms with Gasteiger partial charge in [-0.05, 0) is 29.8 Å². The summed E-state index contributed by atoms with van der Waals surface area (Å²) in [7, 11) is 0. The third-order valence-electron chi connectivity index (χ3n) is 1.25. The third-order valence-corrected chi connectivity index (χ3v) is 2.17. The Morgan fingerprint density at radius 3 is 2.08 bits per heavy atom. The molecule has 0 unspecified atom stereocenters. The quantitative estimate of drug-likeness (QED) is 0.600. The number of rotatable bonds is 2. The SMILES string of the molecule is O=CC=Cc1cc(Br)cc(Br)c1.[Ar]. The molecule has 0 saturated carbocycles. The van der Waals surface area contributed by atoms with Gasteiger partial charge in [0.05, 0.1) is 0 Å². The Bertz CT molecular complexity index is 303. The summed E-state index contributed by atoms with van der Waals surface area (Å²) >= 11 is 6.71. The van der Waals surface area contributed by atoms with E-state index in [0.717, 1.165) is 20.8 Å². The molecule has 0 aromatic heterocycles. The topological polar surface area (TPSA) is 17.1 Å². The zero-order valence-electron chi connectivity index (χ0n) is 6.48. The smallest absolute Gasteiger partial charge is 0.142 e. The molecule has 0 aliphatic carbocycles. The second-order valence-corrected chi connectivity index (χ2v) is 4.03. The van der Waals surface area contributed by atoms with E-state index < -0.39 is 0 Å². The number of allylic oxidation sites excluding steroid dienone is 1. The van der Waals surface area contributed by atoms with E-state index in [1.807, 2.05) is 18.2 Å². The van der Waals surface area contributed by atoms with Gasteiger partial charge in [-0.3, -0.25) is 4.79 Å². The van der Waals surface area contributed by atoms with Gasteiger partial charge in [0.2, 0.25) is 0 Å². The first-order chi connectivity index (χ1) is 5.72. The number of carbonyl (C=O) groups is 1. The molecule has 0 radical (unpaired) electrons. The molecule has 0 atom stereocenters. The maximum atomic E-state index is 10.0. The number of benzene rings is 1. The molecule has 0 saturated heterocycles. The Labute approximate surface area is 124 Å². The van der Waals surface area contributed by atoms with Crippen molar-refractivity contribution in [1.82, 2.24) is 0 Å². The van der Waals surface area contributed by atoms with Crippen molar-refractivity contribution in [1.29, 1.82) is 0 Å². The molecule has 0 N–H and O–H groups in total. The molecule has 0 bridgehead atoms. The van der Waals surface area contributed by atoms with E-state index in [0.29, 0.717) is 0 Å². The molecule has 13 heavy (non-hydrogen) atoms. The Morgan fingerprint density at radius 1 is 1.08 bits per heavy atom. The van der Waals surface area contributed by atoms with Crippen molar-refractivity contribution in [2.24, 2.45) is 0 Å². The Hall–Kier alpha value is 0.850. The fraction of sp³-hybridized carbons (Fsp3) is 0. The molecule has 0 fully saturated rings. The minimum absolute atomic E-state index is 0. The molecule has 0 heterocycles. The van der Waals surface area contributed by atoms with Crippen molar-refractivity contribution in [3.05, 3.63) is 38.8 Å². The van der Waals surface area contributed by atoms with Crippen LogP contribution < -0.4 is 0 Å². The van der Waals surface area contributed by atoms with E-state index in [2.05, 4.69) is 31.9 Å². The Kier molecular flexibility index (Phi) is 7.65. The van der Waals surface area contributed by atoms with Crippen LogP contribution in [0.5, 0.6) is 0 Å². The third kappa shape index (κ3) is 5.33. The first kappa shape index (κ1) is 13.8. The number of carbonyl (C=O) groups excluding carboxylic acids is 1. The van der Waals surface area contributed by atoms with Crippen LogP contribution >= 0.6 is 31.9 Å². The predicted octanol–water partition coefficient (Wildman–Crippen LogP) is 3.42. The largest absolute Gasteiger partial charge is 0.299 e. The van der Waals surface area contributed by atoms with Crippen LogP contribution in [0, 0.1) is 37.7 Å². The van der Waals surface area contributed by atoms with Crippen molar-refractivity contribution >= 4 is 44.2 Å². The summed E-state index contributed by atoms with van der Waals surface area (Å²) in [5.74, 6) is 0. The fourth-order valence-corrected chi connectivity index (χ4v) is 2.15. The van der Waals surface area contributed by atoms with Gasteiger partial charge in [-0.2, -0.15) is 0 Å². The first-order valence-electron chi connectivity index (χ1n) is 3.30. The van der Waals surface area contributed by atoms with Crippen LogP contribution in [0.4, 0.5) is 0 Å². The zero-order valence-corrected chi connectivity index (χ0v) is 10.4. The zero-order chi connectivity index (χ0) is 8.97. The summed E-state index contributed by atoms with van der Waals surface area (Å²) in [5, 5.41) is 0. The Morgan fingerprint density at radius 2 is 1.62 bits per heavy atom. The molecule has 0 spiro atoms. The first-order valence-corrected chi connectivity index (χ1v) is 4.89. The van der Waals surface area contributed by atoms with Crippen LogP contribution in [0.3, 0.4) is 0 Å². The summed E-state index contributed by atoms with van der Waals surface area (Å²) in [6.45, 7) is 0. The van der Waals surface area contributed by atoms with Gasteiger partial charge < -0.3 is 0 Å². The number of hydrogen-bond acceptors (Lipinski definition) is 1. The van der Waals surface area contributed by atoms with Gasteiger partial charge >= 0.3 is 0 Å². The summed E-state index contributed by atoms with van der Waals surface area (Å²) in [6, 6.07) is 5.81. The van der Waals surface area contributed by atoms with Crippen LogP contribution in [0.25, 0.3) is 6.08 Å². The van der Waals surface area contributed by atoms with E-state index in [4.69, 9.17) is 0 Å². The maximum absolute atomic E-state index is 10.0. The van der Waals surface area contributed by atoms with Gasteiger partial charge in [0.15, 0.2) is 0 Å². The number of aldehydes is 1. The van der Waals surface area contributed by atoms with Gasteiger partial charge in [0.25, 0.3) is 0 Å². The second kappa shape index (κ2) is 7.18. The molecule has 1 rings (SSSR count). The molecule has 0 amide bonds. The number of halogens is 2. The van der Waals surface area contributed by atoms with Crippen LogP contribution in [-0.2, 0) is 4.79 Å².